The zero-order chi connectivity index (χ0) is 16.9. The number of hydrogen-bond acceptors (Lipinski definition) is 2. The van der Waals surface area contributed by atoms with Crippen LogP contribution in [0.5, 0.6) is 0 Å². The number of rotatable bonds is 6. The van der Waals surface area contributed by atoms with Crippen LogP contribution in [-0.2, 0) is 4.79 Å². The van der Waals surface area contributed by atoms with E-state index in [0.717, 1.165) is 5.56 Å². The van der Waals surface area contributed by atoms with E-state index in [2.05, 4.69) is 5.32 Å². The van der Waals surface area contributed by atoms with Crippen LogP contribution in [0.1, 0.15) is 59.1 Å². The van der Waals surface area contributed by atoms with Crippen molar-refractivity contribution in [2.24, 2.45) is 0 Å². The molecule has 2 aromatic rings. The normalized spacial score (nSPS) is 15.3. The Morgan fingerprint density at radius 2 is 1.71 bits per heavy atom. The van der Waals surface area contributed by atoms with Gasteiger partial charge in [-0.2, -0.15) is 0 Å². The van der Waals surface area contributed by atoms with E-state index in [4.69, 9.17) is 5.11 Å². The molecular weight excluding hydrogens is 302 g/mol. The Labute approximate surface area is 141 Å². The first-order valence-electron chi connectivity index (χ1n) is 8.31. The number of carbonyl (C=O) groups excluding carboxylic acids is 1. The van der Waals surface area contributed by atoms with Crippen molar-refractivity contribution in [1.82, 2.24) is 5.32 Å². The molecule has 3 rings (SSSR count). The number of amides is 1. The van der Waals surface area contributed by atoms with Crippen molar-refractivity contribution in [3.8, 4) is 0 Å². The van der Waals surface area contributed by atoms with Gasteiger partial charge in [0.2, 0.25) is 0 Å². The quantitative estimate of drug-likeness (QED) is 0.847. The monoisotopic (exact) mass is 323 g/mol. The van der Waals surface area contributed by atoms with Gasteiger partial charge in [-0.25, -0.2) is 0 Å². The second kappa shape index (κ2) is 7.30. The molecule has 1 saturated carbocycles. The van der Waals surface area contributed by atoms with E-state index < -0.39 is 12.0 Å². The predicted molar refractivity (Wildman–Crippen MR) is 91.9 cm³/mol. The first-order chi connectivity index (χ1) is 11.6. The summed E-state index contributed by atoms with van der Waals surface area (Å²) in [7, 11) is 0. The van der Waals surface area contributed by atoms with Gasteiger partial charge < -0.3 is 10.4 Å². The summed E-state index contributed by atoms with van der Waals surface area (Å²) in [5.41, 5.74) is 2.63. The molecule has 0 aliphatic heterocycles. The second-order valence-corrected chi connectivity index (χ2v) is 6.28. The average Bonchev–Trinajstić information content (AvgIpc) is 2.53. The van der Waals surface area contributed by atoms with Gasteiger partial charge in [0.05, 0.1) is 12.5 Å². The van der Waals surface area contributed by atoms with Crippen LogP contribution in [0, 0.1) is 0 Å². The van der Waals surface area contributed by atoms with Gasteiger partial charge in [0.1, 0.15) is 0 Å². The summed E-state index contributed by atoms with van der Waals surface area (Å²) in [5, 5.41) is 11.9. The molecule has 0 heterocycles. The van der Waals surface area contributed by atoms with E-state index in [0.29, 0.717) is 11.5 Å². The minimum Gasteiger partial charge on any atom is -0.481 e. The zero-order valence-corrected chi connectivity index (χ0v) is 13.4. The number of carboxylic acids is 1. The number of hydrogen-bond donors (Lipinski definition) is 2. The van der Waals surface area contributed by atoms with Gasteiger partial charge in [-0.05, 0) is 42.0 Å². The van der Waals surface area contributed by atoms with Crippen molar-refractivity contribution in [1.29, 1.82) is 0 Å². The van der Waals surface area contributed by atoms with E-state index in [9.17, 15) is 9.59 Å². The van der Waals surface area contributed by atoms with E-state index in [-0.39, 0.29) is 12.3 Å². The Morgan fingerprint density at radius 1 is 1.04 bits per heavy atom. The molecule has 24 heavy (non-hydrogen) atoms. The van der Waals surface area contributed by atoms with Crippen molar-refractivity contribution < 1.29 is 14.7 Å². The van der Waals surface area contributed by atoms with Gasteiger partial charge in [0, 0.05) is 5.56 Å². The molecule has 1 unspecified atom stereocenters. The van der Waals surface area contributed by atoms with E-state index in [1.54, 1.807) is 0 Å². The largest absolute Gasteiger partial charge is 0.481 e. The van der Waals surface area contributed by atoms with Crippen LogP contribution < -0.4 is 5.32 Å². The Hall–Kier alpha value is -2.62. The summed E-state index contributed by atoms with van der Waals surface area (Å²) in [5.74, 6) is -0.555. The Bertz CT molecular complexity index is 705. The Balaban J connectivity index is 1.71. The summed E-state index contributed by atoms with van der Waals surface area (Å²) < 4.78 is 0. The van der Waals surface area contributed by atoms with Gasteiger partial charge in [0.25, 0.3) is 5.91 Å². The molecule has 124 valence electrons. The smallest absolute Gasteiger partial charge is 0.305 e. The lowest BCUT2D eigenvalue weighted by Crippen LogP contribution is -2.30. The van der Waals surface area contributed by atoms with Crippen molar-refractivity contribution in [2.75, 3.05) is 0 Å². The fourth-order valence-corrected chi connectivity index (χ4v) is 3.00. The Morgan fingerprint density at radius 3 is 2.25 bits per heavy atom. The maximum atomic E-state index is 12.5. The van der Waals surface area contributed by atoms with Crippen LogP contribution in [-0.4, -0.2) is 17.0 Å². The molecule has 0 radical (unpaired) electrons. The van der Waals surface area contributed by atoms with Gasteiger partial charge in [-0.1, -0.05) is 48.9 Å². The molecule has 0 spiro atoms. The second-order valence-electron chi connectivity index (χ2n) is 6.28. The highest BCUT2D eigenvalue weighted by Gasteiger charge is 2.21. The molecule has 1 atom stereocenters. The van der Waals surface area contributed by atoms with Crippen molar-refractivity contribution in [3.63, 3.8) is 0 Å². The minimum absolute atomic E-state index is 0.143. The van der Waals surface area contributed by atoms with Crippen LogP contribution in [0.2, 0.25) is 0 Å². The highest BCUT2D eigenvalue weighted by molar-refractivity contribution is 5.94. The molecule has 0 saturated heterocycles. The molecule has 1 fully saturated rings. The molecule has 2 N–H and O–H groups in total. The molecular formula is C20H21NO3. The van der Waals surface area contributed by atoms with Gasteiger partial charge in [-0.3, -0.25) is 9.59 Å². The molecule has 4 nitrogen and oxygen atoms in total. The standard InChI is InChI=1S/C20H21NO3/c22-19(23)13-18(16-5-2-1-3-6-16)21-20(24)17-11-9-15(10-12-17)14-7-4-8-14/h1-3,5-6,9-12,14,18H,4,7-8,13H2,(H,21,24)(H,22,23). The van der Waals surface area contributed by atoms with E-state index in [1.807, 2.05) is 54.6 Å². The third-order valence-corrected chi connectivity index (χ3v) is 4.64. The van der Waals surface area contributed by atoms with E-state index >= 15 is 0 Å². The molecule has 1 aliphatic rings. The molecule has 0 bridgehead atoms. The number of benzene rings is 2. The molecule has 2 aromatic carbocycles. The third-order valence-electron chi connectivity index (χ3n) is 4.64. The summed E-state index contributed by atoms with van der Waals surface area (Å²) in [6.07, 6.45) is 3.58. The molecule has 1 amide bonds. The maximum absolute atomic E-state index is 12.5. The SMILES string of the molecule is O=C(O)CC(NC(=O)c1ccc(C2CCC2)cc1)c1ccccc1. The van der Waals surface area contributed by atoms with Crippen LogP contribution in [0.4, 0.5) is 0 Å². The van der Waals surface area contributed by atoms with Gasteiger partial charge >= 0.3 is 5.97 Å². The van der Waals surface area contributed by atoms with E-state index in [1.165, 1.54) is 24.8 Å². The highest BCUT2D eigenvalue weighted by Crippen LogP contribution is 2.36. The topological polar surface area (TPSA) is 66.4 Å². The Kier molecular flexibility index (Phi) is 4.94. The van der Waals surface area contributed by atoms with Crippen molar-refractivity contribution in [2.45, 2.75) is 37.6 Å². The zero-order valence-electron chi connectivity index (χ0n) is 13.4. The third kappa shape index (κ3) is 3.82. The number of nitrogens with one attached hydrogen (secondary N) is 1. The van der Waals surface area contributed by atoms with Gasteiger partial charge in [-0.15, -0.1) is 0 Å². The van der Waals surface area contributed by atoms with Crippen LogP contribution in [0.15, 0.2) is 54.6 Å². The molecule has 0 aromatic heterocycles. The van der Waals surface area contributed by atoms with Gasteiger partial charge in [0.15, 0.2) is 0 Å². The first kappa shape index (κ1) is 16.2. The summed E-state index contributed by atoms with van der Waals surface area (Å²) >= 11 is 0. The lowest BCUT2D eigenvalue weighted by atomic mass is 9.80. The lowest BCUT2D eigenvalue weighted by Gasteiger charge is -2.25. The molecule has 4 heteroatoms. The first-order valence-corrected chi connectivity index (χ1v) is 8.31. The fraction of sp³-hybridized carbons (Fsp3) is 0.300. The number of carboxylic acid groups (broad SMARTS) is 1. The van der Waals surface area contributed by atoms with Crippen LogP contribution >= 0.6 is 0 Å². The van der Waals surface area contributed by atoms with Crippen molar-refractivity contribution >= 4 is 11.9 Å². The summed E-state index contributed by atoms with van der Waals surface area (Å²) in [6, 6.07) is 16.3. The highest BCUT2D eigenvalue weighted by atomic mass is 16.4. The van der Waals surface area contributed by atoms with Crippen LogP contribution in [0.3, 0.4) is 0 Å². The average molecular weight is 323 g/mol. The fourth-order valence-electron chi connectivity index (χ4n) is 3.00. The summed E-state index contributed by atoms with van der Waals surface area (Å²) in [6.45, 7) is 0. The predicted octanol–water partition coefficient (Wildman–Crippen LogP) is 3.90. The molecule has 1 aliphatic carbocycles. The van der Waals surface area contributed by atoms with Crippen LogP contribution in [0.25, 0.3) is 0 Å². The maximum Gasteiger partial charge on any atom is 0.305 e. The van der Waals surface area contributed by atoms with Crippen molar-refractivity contribution in [3.05, 3.63) is 71.3 Å². The summed E-state index contributed by atoms with van der Waals surface area (Å²) in [4.78, 5) is 23.6. The number of carbonyl (C=O) groups is 2. The number of aliphatic carboxylic acids is 1. The lowest BCUT2D eigenvalue weighted by molar-refractivity contribution is -0.137. The minimum atomic E-state index is -0.940.